The highest BCUT2D eigenvalue weighted by molar-refractivity contribution is 7.18. The predicted octanol–water partition coefficient (Wildman–Crippen LogP) is 4.08. The van der Waals surface area contributed by atoms with Crippen LogP contribution >= 0.6 is 11.3 Å². The van der Waals surface area contributed by atoms with Gasteiger partial charge < -0.3 is 16.4 Å². The smallest absolute Gasteiger partial charge is 0.359 e. The number of halogens is 3. The number of alkyl halides is 3. The van der Waals surface area contributed by atoms with Gasteiger partial charge >= 0.3 is 6.18 Å². The van der Waals surface area contributed by atoms with E-state index in [4.69, 9.17) is 5.73 Å². The number of nitrogens with one attached hydrogen (secondary N) is 2. The van der Waals surface area contributed by atoms with Crippen LogP contribution in [0.1, 0.15) is 16.7 Å². The minimum absolute atomic E-state index is 0.0368. The van der Waals surface area contributed by atoms with Gasteiger partial charge in [0.25, 0.3) is 0 Å². The van der Waals surface area contributed by atoms with Crippen molar-refractivity contribution in [2.75, 3.05) is 23.7 Å². The number of nitrogens with two attached hydrogens (primary N) is 1. The fraction of sp³-hybridized carbons (Fsp3) is 0.250. The molecule has 0 unspecified atom stereocenters. The number of aryl methyl sites for hydroxylation is 1. The van der Waals surface area contributed by atoms with Gasteiger partial charge in [-0.3, -0.25) is 4.79 Å². The van der Waals surface area contributed by atoms with E-state index in [0.717, 1.165) is 44.6 Å². The summed E-state index contributed by atoms with van der Waals surface area (Å²) in [7, 11) is 0. The van der Waals surface area contributed by atoms with Crippen molar-refractivity contribution >= 4 is 28.1 Å². The quantitative estimate of drug-likeness (QED) is 0.574. The summed E-state index contributed by atoms with van der Waals surface area (Å²) in [5.74, 6) is 0.0368. The Morgan fingerprint density at radius 1 is 1.17 bits per heavy atom. The molecule has 1 amide bonds. The number of nitrogens with zero attached hydrogens (tertiary/aromatic N) is 2. The lowest BCUT2D eigenvalue weighted by molar-refractivity contribution is -0.137. The van der Waals surface area contributed by atoms with Crippen molar-refractivity contribution in [3.63, 3.8) is 0 Å². The summed E-state index contributed by atoms with van der Waals surface area (Å²) in [6.45, 7) is 2.99. The molecule has 1 aromatic heterocycles. The van der Waals surface area contributed by atoms with E-state index in [2.05, 4.69) is 20.8 Å². The number of carbonyl (C=O) groups excluding carboxylic acids is 1. The molecule has 6 nitrogen and oxygen atoms in total. The lowest BCUT2D eigenvalue weighted by Gasteiger charge is -2.05. The second-order valence-corrected chi connectivity index (χ2v) is 7.57. The maximum atomic E-state index is 11.9. The Labute approximate surface area is 175 Å². The van der Waals surface area contributed by atoms with E-state index < -0.39 is 11.7 Å². The minimum Gasteiger partial charge on any atom is -0.359 e. The van der Waals surface area contributed by atoms with E-state index in [1.165, 1.54) is 23.5 Å². The van der Waals surface area contributed by atoms with Gasteiger partial charge in [0, 0.05) is 24.3 Å². The average Bonchev–Trinajstić information content (AvgIpc) is 3.31. The maximum Gasteiger partial charge on any atom is 0.416 e. The molecule has 1 aliphatic heterocycles. The van der Waals surface area contributed by atoms with E-state index in [1.807, 2.05) is 18.2 Å². The molecule has 30 heavy (non-hydrogen) atoms. The van der Waals surface area contributed by atoms with Crippen LogP contribution in [0, 0.1) is 6.92 Å². The van der Waals surface area contributed by atoms with Gasteiger partial charge in [-0.2, -0.15) is 13.2 Å². The predicted molar refractivity (Wildman–Crippen MR) is 111 cm³/mol. The Morgan fingerprint density at radius 3 is 2.57 bits per heavy atom. The zero-order valence-corrected chi connectivity index (χ0v) is 16.9. The normalized spacial score (nSPS) is 12.6. The van der Waals surface area contributed by atoms with Crippen LogP contribution in [0.3, 0.4) is 0 Å². The van der Waals surface area contributed by atoms with Gasteiger partial charge in [-0.25, -0.2) is 0 Å². The average molecular weight is 435 g/mol. The van der Waals surface area contributed by atoms with Crippen molar-refractivity contribution in [3.8, 4) is 10.6 Å². The summed E-state index contributed by atoms with van der Waals surface area (Å²) in [5, 5.41) is 15.7. The van der Waals surface area contributed by atoms with Crippen LogP contribution in [0.5, 0.6) is 0 Å². The molecule has 0 spiro atoms. The van der Waals surface area contributed by atoms with Gasteiger partial charge in [0.05, 0.1) is 12.0 Å². The molecule has 0 atom stereocenters. The molecule has 0 radical (unpaired) electrons. The van der Waals surface area contributed by atoms with E-state index >= 15 is 0 Å². The Morgan fingerprint density at radius 2 is 1.90 bits per heavy atom. The number of fused-ring (bicyclic) bond motifs is 1. The number of amides is 1. The van der Waals surface area contributed by atoms with Gasteiger partial charge in [-0.1, -0.05) is 29.0 Å². The fourth-order valence-corrected chi connectivity index (χ4v) is 3.46. The summed E-state index contributed by atoms with van der Waals surface area (Å²) in [4.78, 5) is 11.3. The number of hydrogen-bond acceptors (Lipinski definition) is 6. The van der Waals surface area contributed by atoms with Gasteiger partial charge in [0.1, 0.15) is 5.01 Å². The Bertz CT molecular complexity index is 1020. The zero-order chi connectivity index (χ0) is 21.7. The summed E-state index contributed by atoms with van der Waals surface area (Å²) < 4.78 is 35.8. The summed E-state index contributed by atoms with van der Waals surface area (Å²) >= 11 is 1.48. The zero-order valence-electron chi connectivity index (χ0n) is 16.1. The third kappa shape index (κ3) is 5.55. The number of aromatic nitrogens is 2. The molecule has 0 fully saturated rings. The van der Waals surface area contributed by atoms with E-state index in [0.29, 0.717) is 19.5 Å². The monoisotopic (exact) mass is 435 g/mol. The molecule has 3 aromatic rings. The highest BCUT2D eigenvalue weighted by Gasteiger charge is 2.29. The SMILES string of the molecule is Cc1ccc(C(F)(F)F)cc1.NCCNc1nnc(-c2ccc3c(c2)CC(=O)N3)s1. The van der Waals surface area contributed by atoms with Crippen molar-refractivity contribution < 1.29 is 18.0 Å². The largest absolute Gasteiger partial charge is 0.416 e. The molecule has 2 heterocycles. The minimum atomic E-state index is -4.21. The molecule has 10 heteroatoms. The van der Waals surface area contributed by atoms with E-state index in [9.17, 15) is 18.0 Å². The first-order valence-electron chi connectivity index (χ1n) is 9.10. The summed E-state index contributed by atoms with van der Waals surface area (Å²) in [6.07, 6.45) is -3.78. The number of carbonyl (C=O) groups is 1. The maximum absolute atomic E-state index is 11.9. The molecule has 0 saturated heterocycles. The first kappa shape index (κ1) is 21.7. The van der Waals surface area contributed by atoms with E-state index in [1.54, 1.807) is 6.92 Å². The number of rotatable bonds is 4. The molecular weight excluding hydrogens is 415 g/mol. The van der Waals surface area contributed by atoms with Crippen LogP contribution < -0.4 is 16.4 Å². The Hall–Kier alpha value is -2.98. The first-order valence-corrected chi connectivity index (χ1v) is 9.92. The second kappa shape index (κ2) is 9.23. The molecule has 0 saturated carbocycles. The summed E-state index contributed by atoms with van der Waals surface area (Å²) in [6, 6.07) is 10.9. The molecule has 1 aliphatic rings. The Kier molecular flexibility index (Phi) is 6.68. The number of anilines is 2. The third-order valence-corrected chi connectivity index (χ3v) is 5.13. The van der Waals surface area contributed by atoms with Crippen LogP contribution in [-0.4, -0.2) is 29.2 Å². The molecule has 4 N–H and O–H groups in total. The highest BCUT2D eigenvalue weighted by Crippen LogP contribution is 2.31. The number of benzene rings is 2. The van der Waals surface area contributed by atoms with Gasteiger partial charge in [0.2, 0.25) is 11.0 Å². The van der Waals surface area contributed by atoms with Gasteiger partial charge in [-0.05, 0) is 42.8 Å². The molecule has 0 bridgehead atoms. The molecule has 4 rings (SSSR count). The third-order valence-electron chi connectivity index (χ3n) is 4.20. The van der Waals surface area contributed by atoms with E-state index in [-0.39, 0.29) is 5.91 Å². The Balaban J connectivity index is 0.000000199. The van der Waals surface area contributed by atoms with Crippen molar-refractivity contribution in [1.29, 1.82) is 0 Å². The molecule has 0 aliphatic carbocycles. The van der Waals surface area contributed by atoms with Crippen LogP contribution in [0.25, 0.3) is 10.6 Å². The van der Waals surface area contributed by atoms with Gasteiger partial charge in [-0.15, -0.1) is 10.2 Å². The van der Waals surface area contributed by atoms with Crippen molar-refractivity contribution in [2.45, 2.75) is 19.5 Å². The molecule has 2 aromatic carbocycles. The standard InChI is InChI=1S/C12H13N5OS.C8H7F3/c13-3-4-14-12-17-16-11(19-12)7-1-2-9-8(5-7)6-10(18)15-9;1-6-2-4-7(5-3-6)8(9,10)11/h1-2,5H,3-4,6,13H2,(H,14,17)(H,15,18);2-5H,1H3. The van der Waals surface area contributed by atoms with Crippen LogP contribution in [0.4, 0.5) is 24.0 Å². The van der Waals surface area contributed by atoms with Gasteiger partial charge in [0.15, 0.2) is 0 Å². The highest BCUT2D eigenvalue weighted by atomic mass is 32.1. The van der Waals surface area contributed by atoms with Crippen molar-refractivity contribution in [3.05, 3.63) is 59.2 Å². The van der Waals surface area contributed by atoms with Crippen LogP contribution in [-0.2, 0) is 17.4 Å². The summed E-state index contributed by atoms with van der Waals surface area (Å²) in [5.41, 5.74) is 8.54. The van der Waals surface area contributed by atoms with Crippen molar-refractivity contribution in [1.82, 2.24) is 10.2 Å². The topological polar surface area (TPSA) is 92.9 Å². The molecular formula is C20H20F3N5OS. The van der Waals surface area contributed by atoms with Crippen molar-refractivity contribution in [2.24, 2.45) is 5.73 Å². The lowest BCUT2D eigenvalue weighted by atomic mass is 10.1. The number of hydrogen-bond donors (Lipinski definition) is 3. The molecule has 158 valence electrons. The second-order valence-electron chi connectivity index (χ2n) is 6.59. The lowest BCUT2D eigenvalue weighted by Crippen LogP contribution is -2.12. The van der Waals surface area contributed by atoms with Crippen LogP contribution in [0.15, 0.2) is 42.5 Å². The van der Waals surface area contributed by atoms with Crippen LogP contribution in [0.2, 0.25) is 0 Å². The first-order chi connectivity index (χ1) is 14.3. The fourth-order valence-electron chi connectivity index (χ4n) is 2.70.